The minimum atomic E-state index is -0.388. The number of urea groups is 1. The van der Waals surface area contributed by atoms with Gasteiger partial charge in [-0.1, -0.05) is 29.8 Å². The zero-order chi connectivity index (χ0) is 18.7. The number of amides is 3. The molecule has 3 amide bonds. The van der Waals surface area contributed by atoms with Crippen molar-refractivity contribution in [3.05, 3.63) is 67.9 Å². The van der Waals surface area contributed by atoms with Gasteiger partial charge in [-0.05, 0) is 71.0 Å². The van der Waals surface area contributed by atoms with Crippen molar-refractivity contribution in [1.82, 2.24) is 10.2 Å². The van der Waals surface area contributed by atoms with Crippen LogP contribution in [0.25, 0.3) is 6.08 Å². The Labute approximate surface area is 170 Å². The van der Waals surface area contributed by atoms with Crippen molar-refractivity contribution in [2.45, 2.75) is 13.5 Å². The first-order chi connectivity index (χ1) is 12.5. The van der Waals surface area contributed by atoms with Crippen molar-refractivity contribution >= 4 is 52.2 Å². The Hall–Kier alpha value is -2.06. The topological polar surface area (TPSA) is 58.6 Å². The molecule has 26 heavy (non-hydrogen) atoms. The molecule has 1 heterocycles. The minimum absolute atomic E-state index is 0.280. The van der Waals surface area contributed by atoms with Crippen LogP contribution in [0.4, 0.5) is 4.79 Å². The molecule has 0 bridgehead atoms. The zero-order valence-corrected chi connectivity index (χ0v) is 16.9. The summed E-state index contributed by atoms with van der Waals surface area (Å²) in [5, 5.41) is 3.28. The molecule has 0 atom stereocenters. The Bertz CT molecular complexity index is 881. The highest BCUT2D eigenvalue weighted by atomic mass is 127. The smallest absolute Gasteiger partial charge is 0.328 e. The molecular formula is C19H16ClIN2O3. The fraction of sp³-hybridized carbons (Fsp3) is 0.158. The molecule has 1 aliphatic rings. The average molecular weight is 483 g/mol. The molecule has 7 heteroatoms. The van der Waals surface area contributed by atoms with Crippen LogP contribution in [-0.2, 0) is 11.4 Å². The van der Waals surface area contributed by atoms with Crippen LogP contribution in [0.1, 0.15) is 18.1 Å². The van der Waals surface area contributed by atoms with Gasteiger partial charge in [-0.3, -0.25) is 9.69 Å². The number of carbonyl (C=O) groups is 2. The molecule has 2 aromatic rings. The summed E-state index contributed by atoms with van der Waals surface area (Å²) in [6, 6.07) is 12.7. The van der Waals surface area contributed by atoms with E-state index in [0.717, 1.165) is 20.4 Å². The largest absolute Gasteiger partial charge is 0.488 e. The minimum Gasteiger partial charge on any atom is -0.488 e. The van der Waals surface area contributed by atoms with Gasteiger partial charge in [0.15, 0.2) is 0 Å². The van der Waals surface area contributed by atoms with E-state index in [2.05, 4.69) is 27.9 Å². The molecule has 0 radical (unpaired) electrons. The fourth-order valence-electron chi connectivity index (χ4n) is 2.49. The highest BCUT2D eigenvalue weighted by molar-refractivity contribution is 14.1. The van der Waals surface area contributed by atoms with Crippen molar-refractivity contribution in [2.24, 2.45) is 0 Å². The van der Waals surface area contributed by atoms with Crippen LogP contribution in [0.3, 0.4) is 0 Å². The van der Waals surface area contributed by atoms with E-state index in [1.165, 1.54) is 4.90 Å². The van der Waals surface area contributed by atoms with E-state index < -0.39 is 0 Å². The average Bonchev–Trinajstić information content (AvgIpc) is 2.88. The molecule has 3 rings (SSSR count). The first-order valence-corrected chi connectivity index (χ1v) is 9.45. The number of halogens is 2. The summed E-state index contributed by atoms with van der Waals surface area (Å²) in [5.41, 5.74) is 2.12. The van der Waals surface area contributed by atoms with Gasteiger partial charge in [0.1, 0.15) is 18.1 Å². The van der Waals surface area contributed by atoms with Crippen LogP contribution in [0.15, 0.2) is 48.2 Å². The highest BCUT2D eigenvalue weighted by Crippen LogP contribution is 2.25. The number of rotatable bonds is 5. The molecule has 0 spiro atoms. The van der Waals surface area contributed by atoms with Gasteiger partial charge in [0.25, 0.3) is 5.91 Å². The predicted molar refractivity (Wildman–Crippen MR) is 109 cm³/mol. The van der Waals surface area contributed by atoms with E-state index in [-0.39, 0.29) is 17.6 Å². The van der Waals surface area contributed by atoms with Crippen molar-refractivity contribution < 1.29 is 14.3 Å². The molecule has 0 aromatic heterocycles. The fourth-order valence-corrected chi connectivity index (χ4v) is 3.31. The maximum atomic E-state index is 12.1. The van der Waals surface area contributed by atoms with E-state index in [4.69, 9.17) is 16.3 Å². The number of benzene rings is 2. The molecule has 0 aliphatic carbocycles. The van der Waals surface area contributed by atoms with Gasteiger partial charge in [0.2, 0.25) is 0 Å². The Morgan fingerprint density at radius 1 is 1.19 bits per heavy atom. The van der Waals surface area contributed by atoms with Crippen LogP contribution in [0, 0.1) is 3.57 Å². The lowest BCUT2D eigenvalue weighted by Crippen LogP contribution is -2.30. The molecule has 1 saturated heterocycles. The quantitative estimate of drug-likeness (QED) is 0.390. The number of carbonyl (C=O) groups excluding carboxylic acids is 2. The predicted octanol–water partition coefficient (Wildman–Crippen LogP) is 4.44. The number of hydrogen-bond donors (Lipinski definition) is 1. The number of ether oxygens (including phenoxy) is 1. The second kappa shape index (κ2) is 8.09. The summed E-state index contributed by atoms with van der Waals surface area (Å²) in [6.07, 6.45) is 1.67. The Morgan fingerprint density at radius 2 is 1.92 bits per heavy atom. The molecule has 134 valence electrons. The number of nitrogens with one attached hydrogen (secondary N) is 1. The maximum Gasteiger partial charge on any atom is 0.328 e. The summed E-state index contributed by atoms with van der Waals surface area (Å²) in [6.45, 7) is 2.54. The van der Waals surface area contributed by atoms with Gasteiger partial charge >= 0.3 is 6.03 Å². The lowest BCUT2D eigenvalue weighted by molar-refractivity contribution is -0.122. The van der Waals surface area contributed by atoms with E-state index in [0.29, 0.717) is 18.2 Å². The Kier molecular flexibility index (Phi) is 5.83. The van der Waals surface area contributed by atoms with Crippen molar-refractivity contribution in [3.63, 3.8) is 0 Å². The van der Waals surface area contributed by atoms with Gasteiger partial charge in [-0.25, -0.2) is 4.79 Å². The van der Waals surface area contributed by atoms with Crippen molar-refractivity contribution in [2.75, 3.05) is 6.54 Å². The molecule has 2 aromatic carbocycles. The van der Waals surface area contributed by atoms with E-state index in [1.54, 1.807) is 13.0 Å². The van der Waals surface area contributed by atoms with Gasteiger partial charge in [0, 0.05) is 11.6 Å². The third-order valence-corrected chi connectivity index (χ3v) is 4.95. The van der Waals surface area contributed by atoms with E-state index in [1.807, 2.05) is 42.5 Å². The van der Waals surface area contributed by atoms with Gasteiger partial charge in [-0.15, -0.1) is 0 Å². The first-order valence-electron chi connectivity index (χ1n) is 7.99. The van der Waals surface area contributed by atoms with Crippen LogP contribution in [0.2, 0.25) is 5.02 Å². The van der Waals surface area contributed by atoms with Gasteiger partial charge < -0.3 is 10.1 Å². The first kappa shape index (κ1) is 18.7. The summed E-state index contributed by atoms with van der Waals surface area (Å²) in [5.74, 6) is 0.440. The van der Waals surface area contributed by atoms with Crippen LogP contribution >= 0.6 is 34.2 Å². The normalized spacial score (nSPS) is 15.5. The number of likely N-dealkylation sites (N-methyl/N-ethyl adjacent to an activating group) is 1. The van der Waals surface area contributed by atoms with Crippen molar-refractivity contribution in [1.29, 1.82) is 0 Å². The van der Waals surface area contributed by atoms with Crippen LogP contribution in [-0.4, -0.2) is 23.4 Å². The molecule has 1 N–H and O–H groups in total. The summed E-state index contributed by atoms with van der Waals surface area (Å²) in [4.78, 5) is 25.0. The van der Waals surface area contributed by atoms with Gasteiger partial charge in [-0.2, -0.15) is 0 Å². The summed E-state index contributed by atoms with van der Waals surface area (Å²) in [7, 11) is 0. The lowest BCUT2D eigenvalue weighted by Gasteiger charge is -2.09. The SMILES string of the molecule is CCN1C(=O)N/C(=C/c2ccc(OCc3ccc(Cl)cc3)c(I)c2)C1=O. The standard InChI is InChI=1S/C19H16ClIN2O3/c1-2-23-18(24)16(22-19(23)25)10-13-5-8-17(15(21)9-13)26-11-12-3-6-14(20)7-4-12/h3-10H,2,11H2,1H3,(H,22,25)/b16-10+. The van der Waals surface area contributed by atoms with Crippen molar-refractivity contribution in [3.8, 4) is 5.75 Å². The molecule has 0 unspecified atom stereocenters. The molecule has 5 nitrogen and oxygen atoms in total. The summed E-state index contributed by atoms with van der Waals surface area (Å²) < 4.78 is 6.76. The lowest BCUT2D eigenvalue weighted by atomic mass is 10.2. The van der Waals surface area contributed by atoms with Crippen LogP contribution in [0.5, 0.6) is 5.75 Å². The second-order valence-corrected chi connectivity index (χ2v) is 7.24. The van der Waals surface area contributed by atoms with E-state index in [9.17, 15) is 9.59 Å². The zero-order valence-electron chi connectivity index (χ0n) is 14.0. The maximum absolute atomic E-state index is 12.1. The molecule has 0 saturated carbocycles. The third-order valence-electron chi connectivity index (χ3n) is 3.85. The Balaban J connectivity index is 1.71. The molecular weight excluding hydrogens is 467 g/mol. The molecule has 1 fully saturated rings. The highest BCUT2D eigenvalue weighted by Gasteiger charge is 2.31. The number of hydrogen-bond acceptors (Lipinski definition) is 3. The number of imide groups is 1. The molecule has 1 aliphatic heterocycles. The summed E-state index contributed by atoms with van der Waals surface area (Å²) >= 11 is 8.06. The van der Waals surface area contributed by atoms with E-state index >= 15 is 0 Å². The second-order valence-electron chi connectivity index (χ2n) is 5.64. The third kappa shape index (κ3) is 4.19. The van der Waals surface area contributed by atoms with Gasteiger partial charge in [0.05, 0.1) is 3.57 Å². The monoisotopic (exact) mass is 482 g/mol. The Morgan fingerprint density at radius 3 is 2.54 bits per heavy atom. The number of nitrogens with zero attached hydrogens (tertiary/aromatic N) is 1. The van der Waals surface area contributed by atoms with Crippen LogP contribution < -0.4 is 10.1 Å².